The van der Waals surface area contributed by atoms with Gasteiger partial charge < -0.3 is 5.11 Å². The van der Waals surface area contributed by atoms with Crippen LogP contribution in [0.2, 0.25) is 0 Å². The van der Waals surface area contributed by atoms with Gasteiger partial charge in [-0.25, -0.2) is 0 Å². The summed E-state index contributed by atoms with van der Waals surface area (Å²) in [6, 6.07) is 0. The number of carbonyl (C=O) groups is 1. The third-order valence-corrected chi connectivity index (χ3v) is 9.97. The van der Waals surface area contributed by atoms with Crippen LogP contribution in [0.5, 0.6) is 0 Å². The molecule has 148 valence electrons. The zero-order chi connectivity index (χ0) is 18.7. The lowest BCUT2D eigenvalue weighted by Crippen LogP contribution is -2.52. The summed E-state index contributed by atoms with van der Waals surface area (Å²) < 4.78 is 0. The molecule has 0 aliphatic heterocycles. The highest BCUT2D eigenvalue weighted by atomic mass is 79.9. The molecule has 0 heterocycles. The molecular formula is C23H37BrO2. The number of aliphatic hydroxyl groups is 1. The van der Waals surface area contributed by atoms with E-state index in [1.807, 2.05) is 6.92 Å². The van der Waals surface area contributed by atoms with E-state index in [0.717, 1.165) is 54.8 Å². The van der Waals surface area contributed by atoms with Crippen LogP contribution in [0.3, 0.4) is 0 Å². The van der Waals surface area contributed by atoms with Crippen molar-refractivity contribution in [3.8, 4) is 0 Å². The smallest absolute Gasteiger partial charge is 0.147 e. The van der Waals surface area contributed by atoms with Gasteiger partial charge in [0.25, 0.3) is 0 Å². The highest BCUT2D eigenvalue weighted by Crippen LogP contribution is 2.66. The van der Waals surface area contributed by atoms with Crippen LogP contribution >= 0.6 is 15.9 Å². The third-order valence-electron chi connectivity index (χ3n) is 9.42. The Hall–Kier alpha value is 0.110. The number of fused-ring (bicyclic) bond motifs is 5. The van der Waals surface area contributed by atoms with Gasteiger partial charge in [-0.15, -0.1) is 0 Å². The fourth-order valence-electron chi connectivity index (χ4n) is 8.38. The molecule has 0 aromatic rings. The second-order valence-corrected chi connectivity index (χ2v) is 11.3. The number of halogens is 1. The molecule has 0 bridgehead atoms. The average molecular weight is 425 g/mol. The van der Waals surface area contributed by atoms with Crippen LogP contribution < -0.4 is 0 Å². The van der Waals surface area contributed by atoms with Crippen molar-refractivity contribution in [2.75, 3.05) is 5.33 Å². The topological polar surface area (TPSA) is 37.3 Å². The lowest BCUT2D eigenvalue weighted by Gasteiger charge is -2.57. The Kier molecular flexibility index (Phi) is 5.13. The Labute approximate surface area is 168 Å². The van der Waals surface area contributed by atoms with Gasteiger partial charge in [-0.3, -0.25) is 4.79 Å². The summed E-state index contributed by atoms with van der Waals surface area (Å²) >= 11 is 3.46. The second-order valence-electron chi connectivity index (χ2n) is 10.7. The summed E-state index contributed by atoms with van der Waals surface area (Å²) in [4.78, 5) is 12.7. The van der Waals surface area contributed by atoms with Crippen LogP contribution in [-0.2, 0) is 4.79 Å². The Morgan fingerprint density at radius 3 is 2.50 bits per heavy atom. The fraction of sp³-hybridized carbons (Fsp3) is 0.957. The van der Waals surface area contributed by atoms with E-state index in [1.165, 1.54) is 38.5 Å². The number of hydrogen-bond donors (Lipinski definition) is 1. The molecule has 4 saturated carbocycles. The minimum absolute atomic E-state index is 0.236. The molecule has 2 nitrogen and oxygen atoms in total. The summed E-state index contributed by atoms with van der Waals surface area (Å²) in [7, 11) is 0. The van der Waals surface area contributed by atoms with Crippen molar-refractivity contribution in [1.29, 1.82) is 0 Å². The highest BCUT2D eigenvalue weighted by molar-refractivity contribution is 9.09. The molecule has 4 fully saturated rings. The number of rotatable bonds is 3. The molecular weight excluding hydrogens is 388 g/mol. The number of ketones is 1. The number of carbonyl (C=O) groups excluding carboxylic acids is 1. The van der Waals surface area contributed by atoms with Crippen molar-refractivity contribution >= 4 is 21.7 Å². The molecule has 0 aromatic carbocycles. The highest BCUT2D eigenvalue weighted by Gasteiger charge is 2.61. The minimum Gasteiger partial charge on any atom is -0.390 e. The molecule has 4 aliphatic rings. The molecule has 26 heavy (non-hydrogen) atoms. The maximum absolute atomic E-state index is 12.7. The van der Waals surface area contributed by atoms with Gasteiger partial charge in [0.15, 0.2) is 0 Å². The van der Waals surface area contributed by atoms with E-state index in [2.05, 4.69) is 29.8 Å². The largest absolute Gasteiger partial charge is 0.390 e. The van der Waals surface area contributed by atoms with Gasteiger partial charge in [0.2, 0.25) is 0 Å². The Morgan fingerprint density at radius 1 is 1.08 bits per heavy atom. The van der Waals surface area contributed by atoms with Crippen LogP contribution in [0.25, 0.3) is 0 Å². The molecule has 9 atom stereocenters. The number of Topliss-reactive ketones (excluding diaryl/α,β-unsaturated/α-hetero) is 1. The Morgan fingerprint density at radius 2 is 1.81 bits per heavy atom. The van der Waals surface area contributed by atoms with Gasteiger partial charge >= 0.3 is 0 Å². The van der Waals surface area contributed by atoms with Crippen molar-refractivity contribution in [2.24, 2.45) is 46.8 Å². The van der Waals surface area contributed by atoms with Crippen LogP contribution in [-0.4, -0.2) is 21.8 Å². The molecule has 0 aromatic heterocycles. The summed E-state index contributed by atoms with van der Waals surface area (Å²) in [6.07, 6.45) is 10.8. The van der Waals surface area contributed by atoms with Crippen LogP contribution in [0.15, 0.2) is 0 Å². The number of alkyl halides is 1. The van der Waals surface area contributed by atoms with E-state index in [1.54, 1.807) is 0 Å². The molecule has 0 unspecified atom stereocenters. The first-order chi connectivity index (χ1) is 12.3. The van der Waals surface area contributed by atoms with Crippen molar-refractivity contribution in [2.45, 2.75) is 84.2 Å². The van der Waals surface area contributed by atoms with Crippen molar-refractivity contribution in [3.63, 3.8) is 0 Å². The van der Waals surface area contributed by atoms with Gasteiger partial charge in [-0.05, 0) is 99.2 Å². The predicted molar refractivity (Wildman–Crippen MR) is 109 cm³/mol. The van der Waals surface area contributed by atoms with E-state index in [4.69, 9.17) is 0 Å². The summed E-state index contributed by atoms with van der Waals surface area (Å²) in [5.74, 6) is 5.49. The first-order valence-electron chi connectivity index (χ1n) is 11.1. The number of hydrogen-bond acceptors (Lipinski definition) is 2. The maximum Gasteiger partial charge on any atom is 0.147 e. The molecule has 4 aliphatic carbocycles. The normalized spacial score (nSPS) is 53.5. The maximum atomic E-state index is 12.7. The van der Waals surface area contributed by atoms with Crippen molar-refractivity contribution in [1.82, 2.24) is 0 Å². The van der Waals surface area contributed by atoms with E-state index in [9.17, 15) is 9.90 Å². The lowest BCUT2D eigenvalue weighted by atomic mass is 9.48. The molecule has 1 N–H and O–H groups in total. The first-order valence-corrected chi connectivity index (χ1v) is 12.2. The minimum atomic E-state index is -0.427. The molecule has 0 saturated heterocycles. The SMILES string of the molecule is CC[C@@H]1C[C@H](C(=O)CBr)[C@@]2(C)CC[C@H]3[C@@H](CC[C@@H]4C[C@](C)(O)CC[C@@H]43)[C@H]12. The van der Waals surface area contributed by atoms with Gasteiger partial charge in [-0.2, -0.15) is 0 Å². The van der Waals surface area contributed by atoms with E-state index < -0.39 is 5.60 Å². The van der Waals surface area contributed by atoms with Crippen molar-refractivity contribution < 1.29 is 9.90 Å². The van der Waals surface area contributed by atoms with Gasteiger partial charge in [-0.1, -0.05) is 36.2 Å². The summed E-state index contributed by atoms with van der Waals surface area (Å²) in [5.41, 5.74) is -0.191. The van der Waals surface area contributed by atoms with E-state index in [-0.39, 0.29) is 11.3 Å². The summed E-state index contributed by atoms with van der Waals surface area (Å²) in [5, 5.41) is 11.1. The van der Waals surface area contributed by atoms with Crippen molar-refractivity contribution in [3.05, 3.63) is 0 Å². The van der Waals surface area contributed by atoms with Crippen LogP contribution in [0.4, 0.5) is 0 Å². The molecule has 0 radical (unpaired) electrons. The second kappa shape index (κ2) is 6.87. The first kappa shape index (κ1) is 19.4. The molecule has 4 rings (SSSR count). The standard InChI is InChI=1S/C23H37BrO2/c1-4-14-11-19(20(25)13-24)23(3)10-8-17-16-7-9-22(2,26)12-15(16)5-6-18(17)21(14)23/h14-19,21,26H,4-13H2,1-3H3/t14-,15-,16+,17-,18-,19-,21+,22-,23-/m1/s1. The van der Waals surface area contributed by atoms with E-state index in [0.29, 0.717) is 11.1 Å². The lowest BCUT2D eigenvalue weighted by molar-refractivity contribution is -0.130. The molecule has 0 amide bonds. The fourth-order valence-corrected chi connectivity index (χ4v) is 8.77. The third kappa shape index (κ3) is 2.95. The quantitative estimate of drug-likeness (QED) is 0.597. The van der Waals surface area contributed by atoms with Gasteiger partial charge in [0, 0.05) is 5.92 Å². The average Bonchev–Trinajstić information content (AvgIpc) is 2.92. The zero-order valence-electron chi connectivity index (χ0n) is 16.8. The molecule has 3 heteroatoms. The van der Waals surface area contributed by atoms with Crippen LogP contribution in [0.1, 0.15) is 78.6 Å². The van der Waals surface area contributed by atoms with Gasteiger partial charge in [0.05, 0.1) is 10.9 Å². The molecule has 0 spiro atoms. The van der Waals surface area contributed by atoms with Crippen LogP contribution in [0, 0.1) is 46.8 Å². The predicted octanol–water partition coefficient (Wildman–Crippen LogP) is 5.61. The Bertz CT molecular complexity index is 558. The summed E-state index contributed by atoms with van der Waals surface area (Å²) in [6.45, 7) is 6.86. The monoisotopic (exact) mass is 424 g/mol. The van der Waals surface area contributed by atoms with E-state index >= 15 is 0 Å². The Balaban J connectivity index is 1.60. The van der Waals surface area contributed by atoms with Gasteiger partial charge in [0.1, 0.15) is 5.78 Å². The zero-order valence-corrected chi connectivity index (χ0v) is 18.4.